The fourth-order valence-corrected chi connectivity index (χ4v) is 2.78. The van der Waals surface area contributed by atoms with Crippen molar-refractivity contribution in [2.75, 3.05) is 11.4 Å². The lowest BCUT2D eigenvalue weighted by atomic mass is 9.97. The zero-order valence-corrected chi connectivity index (χ0v) is 15.3. The van der Waals surface area contributed by atoms with Crippen LogP contribution in [0.15, 0.2) is 42.6 Å². The van der Waals surface area contributed by atoms with E-state index in [9.17, 15) is 22.4 Å². The summed E-state index contributed by atoms with van der Waals surface area (Å²) >= 11 is 0. The summed E-state index contributed by atoms with van der Waals surface area (Å²) in [5.41, 5.74) is -1.14. The van der Waals surface area contributed by atoms with Crippen molar-refractivity contribution in [2.45, 2.75) is 45.2 Å². The van der Waals surface area contributed by atoms with Gasteiger partial charge in [0.2, 0.25) is 5.91 Å². The van der Waals surface area contributed by atoms with Crippen LogP contribution in [-0.4, -0.2) is 17.4 Å². The Morgan fingerprint density at radius 1 is 1.19 bits per heavy atom. The fourth-order valence-electron chi connectivity index (χ4n) is 2.78. The third-order valence-corrected chi connectivity index (χ3v) is 4.35. The van der Waals surface area contributed by atoms with Crippen LogP contribution in [0.1, 0.15) is 50.2 Å². The highest BCUT2D eigenvalue weighted by Gasteiger charge is 2.34. The van der Waals surface area contributed by atoms with Crippen molar-refractivity contribution >= 4 is 11.7 Å². The Hall–Kier alpha value is -2.44. The van der Waals surface area contributed by atoms with Gasteiger partial charge in [0, 0.05) is 12.7 Å². The Morgan fingerprint density at radius 2 is 1.93 bits per heavy atom. The number of halogens is 4. The highest BCUT2D eigenvalue weighted by molar-refractivity contribution is 5.97. The standard InChI is InChI=1S/C20H22F4N2O/c1-3-4-7-12-26(18-8-5-6-11-25-18)19(27)14(2)15-9-10-16(17(21)13-15)20(22,23)24/h5-6,8-11,13-14H,3-4,7,12H2,1-2H3. The molecule has 0 fully saturated rings. The molecule has 2 aromatic rings. The van der Waals surface area contributed by atoms with E-state index in [-0.39, 0.29) is 11.5 Å². The number of benzene rings is 1. The molecule has 0 N–H and O–H groups in total. The van der Waals surface area contributed by atoms with E-state index >= 15 is 0 Å². The van der Waals surface area contributed by atoms with Gasteiger partial charge in [-0.2, -0.15) is 13.2 Å². The number of amides is 1. The molecule has 0 aliphatic rings. The molecule has 1 amide bonds. The summed E-state index contributed by atoms with van der Waals surface area (Å²) < 4.78 is 52.1. The van der Waals surface area contributed by atoms with Gasteiger partial charge in [0.25, 0.3) is 0 Å². The van der Waals surface area contributed by atoms with E-state index in [1.165, 1.54) is 4.90 Å². The van der Waals surface area contributed by atoms with Crippen molar-refractivity contribution in [3.63, 3.8) is 0 Å². The molecule has 27 heavy (non-hydrogen) atoms. The lowest BCUT2D eigenvalue weighted by Gasteiger charge is -2.25. The summed E-state index contributed by atoms with van der Waals surface area (Å²) in [6.45, 7) is 4.04. The Kier molecular flexibility index (Phi) is 6.93. The van der Waals surface area contributed by atoms with E-state index in [1.54, 1.807) is 31.3 Å². The lowest BCUT2D eigenvalue weighted by molar-refractivity contribution is -0.140. The van der Waals surface area contributed by atoms with Gasteiger partial charge < -0.3 is 0 Å². The molecule has 0 aliphatic carbocycles. The maximum atomic E-state index is 13.9. The van der Waals surface area contributed by atoms with Crippen molar-refractivity contribution in [2.24, 2.45) is 0 Å². The minimum atomic E-state index is -4.77. The minimum Gasteiger partial charge on any atom is -0.296 e. The Balaban J connectivity index is 2.27. The number of aromatic nitrogens is 1. The summed E-state index contributed by atoms with van der Waals surface area (Å²) in [6.07, 6.45) is -0.523. The van der Waals surface area contributed by atoms with Crippen LogP contribution in [-0.2, 0) is 11.0 Å². The molecule has 0 saturated heterocycles. The molecule has 146 valence electrons. The van der Waals surface area contributed by atoms with Crippen LogP contribution in [0.3, 0.4) is 0 Å². The smallest absolute Gasteiger partial charge is 0.296 e. The molecule has 1 unspecified atom stereocenters. The third-order valence-electron chi connectivity index (χ3n) is 4.35. The predicted octanol–water partition coefficient (Wildman–Crippen LogP) is 5.57. The summed E-state index contributed by atoms with van der Waals surface area (Å²) in [5.74, 6) is -2.04. The molecule has 1 aromatic carbocycles. The molecule has 7 heteroatoms. The van der Waals surface area contributed by atoms with Gasteiger partial charge in [0.05, 0.1) is 11.5 Å². The number of unbranched alkanes of at least 4 members (excludes halogenated alkanes) is 2. The second-order valence-electron chi connectivity index (χ2n) is 6.34. The van der Waals surface area contributed by atoms with Crippen molar-refractivity contribution in [1.29, 1.82) is 0 Å². The van der Waals surface area contributed by atoms with Crippen LogP contribution in [0.2, 0.25) is 0 Å². The SMILES string of the molecule is CCCCCN(C(=O)C(C)c1ccc(C(F)(F)F)c(F)c1)c1ccccn1. The average Bonchev–Trinajstić information content (AvgIpc) is 2.64. The van der Waals surface area contributed by atoms with E-state index < -0.39 is 23.5 Å². The summed E-state index contributed by atoms with van der Waals surface area (Å²) in [5, 5.41) is 0. The van der Waals surface area contributed by atoms with Crippen LogP contribution in [0, 0.1) is 5.82 Å². The fraction of sp³-hybridized carbons (Fsp3) is 0.400. The van der Waals surface area contributed by atoms with E-state index in [2.05, 4.69) is 4.98 Å². The first-order valence-electron chi connectivity index (χ1n) is 8.84. The third kappa shape index (κ3) is 5.28. The molecule has 1 heterocycles. The minimum absolute atomic E-state index is 0.196. The number of anilines is 1. The van der Waals surface area contributed by atoms with Gasteiger partial charge in [-0.1, -0.05) is 31.9 Å². The van der Waals surface area contributed by atoms with E-state index in [0.29, 0.717) is 18.4 Å². The van der Waals surface area contributed by atoms with Crippen molar-refractivity contribution in [3.8, 4) is 0 Å². The number of nitrogens with zero attached hydrogens (tertiary/aromatic N) is 2. The highest BCUT2D eigenvalue weighted by Crippen LogP contribution is 2.33. The van der Waals surface area contributed by atoms with Crippen LogP contribution in [0.4, 0.5) is 23.4 Å². The molecule has 2 rings (SSSR count). The van der Waals surface area contributed by atoms with Gasteiger partial charge in [0.15, 0.2) is 0 Å². The van der Waals surface area contributed by atoms with E-state index in [1.807, 2.05) is 6.92 Å². The van der Waals surface area contributed by atoms with Crippen LogP contribution < -0.4 is 4.90 Å². The molecule has 3 nitrogen and oxygen atoms in total. The van der Waals surface area contributed by atoms with Crippen LogP contribution >= 0.6 is 0 Å². The van der Waals surface area contributed by atoms with E-state index in [0.717, 1.165) is 31.4 Å². The number of carbonyl (C=O) groups is 1. The molecule has 0 bridgehead atoms. The molecular formula is C20H22F4N2O. The first-order valence-corrected chi connectivity index (χ1v) is 8.84. The Labute approximate surface area is 156 Å². The quantitative estimate of drug-likeness (QED) is 0.464. The van der Waals surface area contributed by atoms with Crippen LogP contribution in [0.5, 0.6) is 0 Å². The van der Waals surface area contributed by atoms with Crippen molar-refractivity contribution in [3.05, 3.63) is 59.5 Å². The van der Waals surface area contributed by atoms with Gasteiger partial charge in [-0.25, -0.2) is 9.37 Å². The largest absolute Gasteiger partial charge is 0.419 e. The van der Waals surface area contributed by atoms with Crippen LogP contribution in [0.25, 0.3) is 0 Å². The van der Waals surface area contributed by atoms with Gasteiger partial charge in [-0.3, -0.25) is 9.69 Å². The highest BCUT2D eigenvalue weighted by atomic mass is 19.4. The van der Waals surface area contributed by atoms with E-state index in [4.69, 9.17) is 0 Å². The first kappa shape index (κ1) is 20.9. The number of pyridine rings is 1. The van der Waals surface area contributed by atoms with Crippen molar-refractivity contribution < 1.29 is 22.4 Å². The second-order valence-corrected chi connectivity index (χ2v) is 6.34. The maximum absolute atomic E-state index is 13.9. The topological polar surface area (TPSA) is 33.2 Å². The zero-order chi connectivity index (χ0) is 20.0. The van der Waals surface area contributed by atoms with Gasteiger partial charge in [-0.15, -0.1) is 0 Å². The number of carbonyl (C=O) groups excluding carboxylic acids is 1. The van der Waals surface area contributed by atoms with Gasteiger partial charge in [-0.05, 0) is 43.2 Å². The summed E-state index contributed by atoms with van der Waals surface area (Å²) in [7, 11) is 0. The second kappa shape index (κ2) is 8.97. The molecular weight excluding hydrogens is 360 g/mol. The summed E-state index contributed by atoms with van der Waals surface area (Å²) in [6, 6.07) is 7.80. The molecule has 0 saturated carbocycles. The predicted molar refractivity (Wildman–Crippen MR) is 95.9 cm³/mol. The Morgan fingerprint density at radius 3 is 2.48 bits per heavy atom. The molecule has 0 aliphatic heterocycles. The van der Waals surface area contributed by atoms with Gasteiger partial charge in [0.1, 0.15) is 11.6 Å². The number of hydrogen-bond acceptors (Lipinski definition) is 2. The van der Waals surface area contributed by atoms with Gasteiger partial charge >= 0.3 is 6.18 Å². The molecule has 0 spiro atoms. The lowest BCUT2D eigenvalue weighted by Crippen LogP contribution is -2.36. The monoisotopic (exact) mass is 382 g/mol. The normalized spacial score (nSPS) is 12.7. The number of alkyl halides is 3. The first-order chi connectivity index (χ1) is 12.8. The Bertz CT molecular complexity index is 762. The zero-order valence-electron chi connectivity index (χ0n) is 15.3. The molecule has 0 radical (unpaired) electrons. The average molecular weight is 382 g/mol. The molecule has 1 atom stereocenters. The van der Waals surface area contributed by atoms with Crippen molar-refractivity contribution in [1.82, 2.24) is 4.98 Å². The number of rotatable bonds is 7. The molecule has 1 aromatic heterocycles. The summed E-state index contributed by atoms with van der Waals surface area (Å²) in [4.78, 5) is 18.7. The number of hydrogen-bond donors (Lipinski definition) is 0. The maximum Gasteiger partial charge on any atom is 0.419 e.